The fourth-order valence-electron chi connectivity index (χ4n) is 0.200. The van der Waals surface area contributed by atoms with E-state index < -0.39 is 5.97 Å². The minimum atomic E-state index is -0.412. The maximum atomic E-state index is 10.2. The van der Waals surface area contributed by atoms with Crippen molar-refractivity contribution in [3.63, 3.8) is 0 Å². The Morgan fingerprint density at radius 1 is 1.62 bits per heavy atom. The molecule has 44 valence electrons. The number of hydrogen-bond donors (Lipinski definition) is 0. The van der Waals surface area contributed by atoms with E-state index in [0.717, 1.165) is 6.08 Å². The molecule has 0 fully saturated rings. The van der Waals surface area contributed by atoms with Gasteiger partial charge in [0.05, 0.1) is 0 Å². The lowest BCUT2D eigenvalue weighted by atomic mass is 10.6. The third-order valence-electron chi connectivity index (χ3n) is 0.510. The molecule has 2 heteroatoms. The lowest BCUT2D eigenvalue weighted by Crippen LogP contribution is -1.98. The highest BCUT2D eigenvalue weighted by molar-refractivity contribution is 5.81. The van der Waals surface area contributed by atoms with Gasteiger partial charge in [-0.2, -0.15) is 0 Å². The van der Waals surface area contributed by atoms with E-state index >= 15 is 0 Å². The van der Waals surface area contributed by atoms with E-state index in [-0.39, 0.29) is 6.61 Å². The quantitative estimate of drug-likeness (QED) is 0.308. The van der Waals surface area contributed by atoms with Gasteiger partial charge in [0, 0.05) is 6.08 Å². The molecule has 0 aromatic rings. The molecule has 0 bridgehead atoms. The maximum absolute atomic E-state index is 10.2. The van der Waals surface area contributed by atoms with E-state index in [1.54, 1.807) is 0 Å². The fourth-order valence-corrected chi connectivity index (χ4v) is 0.200. The van der Waals surface area contributed by atoms with Gasteiger partial charge < -0.3 is 4.74 Å². The number of carbonyl (C=O) groups excluding carboxylic acids is 1. The van der Waals surface area contributed by atoms with Crippen LogP contribution in [-0.4, -0.2) is 12.6 Å². The molecule has 0 aliphatic heterocycles. The molecule has 0 atom stereocenters. The van der Waals surface area contributed by atoms with E-state index in [4.69, 9.17) is 0 Å². The van der Waals surface area contributed by atoms with Crippen molar-refractivity contribution >= 4 is 5.97 Å². The van der Waals surface area contributed by atoms with Gasteiger partial charge in [-0.05, 0) is 0 Å². The first-order valence-corrected chi connectivity index (χ1v) is 2.21. The van der Waals surface area contributed by atoms with E-state index in [0.29, 0.717) is 0 Å². The standard InChI is InChI=1S/C6H8O2/c1-3-5-8-6(7)4-2/h3-4H,1-2,5H2. The summed E-state index contributed by atoms with van der Waals surface area (Å²) >= 11 is 0. The highest BCUT2D eigenvalue weighted by atomic mass is 16.5. The van der Waals surface area contributed by atoms with Crippen molar-refractivity contribution in [2.75, 3.05) is 6.61 Å². The second-order valence-corrected chi connectivity index (χ2v) is 1.12. The highest BCUT2D eigenvalue weighted by Crippen LogP contribution is 1.77. The van der Waals surface area contributed by atoms with Crippen molar-refractivity contribution in [1.82, 2.24) is 0 Å². The summed E-state index contributed by atoms with van der Waals surface area (Å²) in [5, 5.41) is 0. The lowest BCUT2D eigenvalue weighted by molar-refractivity contribution is -0.136. The zero-order valence-corrected chi connectivity index (χ0v) is 4.59. The normalized spacial score (nSPS) is 7.50. The Hall–Kier alpha value is -1.05. The Morgan fingerprint density at radius 2 is 2.25 bits per heavy atom. The molecule has 0 amide bonds. The summed E-state index contributed by atoms with van der Waals surface area (Å²) in [5.41, 5.74) is 0. The smallest absolute Gasteiger partial charge is 0.330 e. The Morgan fingerprint density at radius 3 is 2.62 bits per heavy atom. The van der Waals surface area contributed by atoms with Crippen LogP contribution in [0.15, 0.2) is 25.3 Å². The van der Waals surface area contributed by atoms with Gasteiger partial charge in [-0.3, -0.25) is 0 Å². The summed E-state index contributed by atoms with van der Waals surface area (Å²) in [4.78, 5) is 10.2. The van der Waals surface area contributed by atoms with E-state index in [2.05, 4.69) is 17.9 Å². The second kappa shape index (κ2) is 4.12. The monoisotopic (exact) mass is 112 g/mol. The van der Waals surface area contributed by atoms with Crippen LogP contribution in [0.5, 0.6) is 0 Å². The van der Waals surface area contributed by atoms with Crippen molar-refractivity contribution < 1.29 is 9.53 Å². The van der Waals surface area contributed by atoms with Crippen molar-refractivity contribution in [2.45, 2.75) is 0 Å². The van der Waals surface area contributed by atoms with Crippen molar-refractivity contribution in [3.8, 4) is 0 Å². The molecule has 0 heterocycles. The van der Waals surface area contributed by atoms with Crippen LogP contribution in [0.3, 0.4) is 0 Å². The first-order chi connectivity index (χ1) is 3.81. The summed E-state index contributed by atoms with van der Waals surface area (Å²) in [6.45, 7) is 6.81. The summed E-state index contributed by atoms with van der Waals surface area (Å²) < 4.78 is 4.47. The summed E-state index contributed by atoms with van der Waals surface area (Å²) in [7, 11) is 0. The van der Waals surface area contributed by atoms with Gasteiger partial charge in [0.1, 0.15) is 6.61 Å². The Kier molecular flexibility index (Phi) is 3.58. The van der Waals surface area contributed by atoms with Gasteiger partial charge >= 0.3 is 5.97 Å². The van der Waals surface area contributed by atoms with Crippen LogP contribution in [0.1, 0.15) is 0 Å². The maximum Gasteiger partial charge on any atom is 0.330 e. The van der Waals surface area contributed by atoms with Crippen molar-refractivity contribution in [2.24, 2.45) is 0 Å². The van der Waals surface area contributed by atoms with E-state index in [1.165, 1.54) is 6.08 Å². The van der Waals surface area contributed by atoms with Crippen molar-refractivity contribution in [3.05, 3.63) is 25.3 Å². The number of esters is 1. The molecule has 0 radical (unpaired) electrons. The molecule has 0 aliphatic carbocycles. The predicted molar refractivity (Wildman–Crippen MR) is 31.4 cm³/mol. The molecule has 0 rings (SSSR count). The van der Waals surface area contributed by atoms with Crippen LogP contribution in [0.4, 0.5) is 0 Å². The van der Waals surface area contributed by atoms with E-state index in [9.17, 15) is 4.79 Å². The van der Waals surface area contributed by atoms with Crippen LogP contribution in [-0.2, 0) is 9.53 Å². The first kappa shape index (κ1) is 6.95. The Labute approximate surface area is 48.5 Å². The molecule has 0 aromatic heterocycles. The summed E-state index contributed by atoms with van der Waals surface area (Å²) in [5.74, 6) is -0.412. The third-order valence-corrected chi connectivity index (χ3v) is 0.510. The second-order valence-electron chi connectivity index (χ2n) is 1.12. The number of hydrogen-bond acceptors (Lipinski definition) is 2. The molecule has 0 unspecified atom stereocenters. The lowest BCUT2D eigenvalue weighted by Gasteiger charge is -1.92. The molecule has 0 aliphatic rings. The molecule has 2 nitrogen and oxygen atoms in total. The Balaban J connectivity index is 3.24. The third kappa shape index (κ3) is 3.15. The SMILES string of the molecule is C=CCOC(=O)C=C. The highest BCUT2D eigenvalue weighted by Gasteiger charge is 1.87. The predicted octanol–water partition coefficient (Wildman–Crippen LogP) is 0.902. The van der Waals surface area contributed by atoms with Gasteiger partial charge in [0.2, 0.25) is 0 Å². The van der Waals surface area contributed by atoms with Crippen LogP contribution < -0.4 is 0 Å². The Bertz CT molecular complexity index is 105. The van der Waals surface area contributed by atoms with Gasteiger partial charge in [-0.15, -0.1) is 0 Å². The van der Waals surface area contributed by atoms with Crippen molar-refractivity contribution in [1.29, 1.82) is 0 Å². The molecular weight excluding hydrogens is 104 g/mol. The van der Waals surface area contributed by atoms with Gasteiger partial charge in [0.15, 0.2) is 0 Å². The molecular formula is C6H8O2. The minimum Gasteiger partial charge on any atom is -0.458 e. The average Bonchev–Trinajstić information content (AvgIpc) is 1.83. The zero-order chi connectivity index (χ0) is 6.41. The first-order valence-electron chi connectivity index (χ1n) is 2.21. The molecule has 0 N–H and O–H groups in total. The van der Waals surface area contributed by atoms with Gasteiger partial charge in [0.25, 0.3) is 0 Å². The van der Waals surface area contributed by atoms with Crippen LogP contribution in [0.25, 0.3) is 0 Å². The topological polar surface area (TPSA) is 26.3 Å². The van der Waals surface area contributed by atoms with Crippen LogP contribution in [0, 0.1) is 0 Å². The molecule has 0 aromatic carbocycles. The summed E-state index contributed by atoms with van der Waals surface area (Å²) in [6.07, 6.45) is 2.62. The van der Waals surface area contributed by atoms with Gasteiger partial charge in [-0.25, -0.2) is 4.79 Å². The molecule has 0 saturated heterocycles. The molecule has 0 saturated carbocycles. The van der Waals surface area contributed by atoms with Crippen LogP contribution >= 0.6 is 0 Å². The number of carbonyl (C=O) groups is 1. The fraction of sp³-hybridized carbons (Fsp3) is 0.167. The molecule has 8 heavy (non-hydrogen) atoms. The largest absolute Gasteiger partial charge is 0.458 e. The number of rotatable bonds is 3. The molecule has 0 spiro atoms. The van der Waals surface area contributed by atoms with Crippen LogP contribution in [0.2, 0.25) is 0 Å². The van der Waals surface area contributed by atoms with Gasteiger partial charge in [-0.1, -0.05) is 19.2 Å². The number of ether oxygens (including phenoxy) is 1. The average molecular weight is 112 g/mol. The zero-order valence-electron chi connectivity index (χ0n) is 4.59. The minimum absolute atomic E-state index is 0.255. The van der Waals surface area contributed by atoms with E-state index in [1.807, 2.05) is 0 Å². The summed E-state index contributed by atoms with van der Waals surface area (Å²) in [6, 6.07) is 0.